The Kier molecular flexibility index (Phi) is 9.43. The Labute approximate surface area is 247 Å². The molecular weight excluding hydrogens is 579 g/mol. The first-order chi connectivity index (χ1) is 19.3. The topological polar surface area (TPSA) is 51.7 Å². The van der Waals surface area contributed by atoms with Gasteiger partial charge in [-0.1, -0.05) is 46.9 Å². The highest BCUT2D eigenvalue weighted by Gasteiger charge is 2.28. The van der Waals surface area contributed by atoms with Crippen LogP contribution >= 0.6 is 34.8 Å². The molecule has 0 aliphatic carbocycles. The first-order valence-corrected chi connectivity index (χ1v) is 14.4. The van der Waals surface area contributed by atoms with Gasteiger partial charge in [0.1, 0.15) is 17.5 Å². The van der Waals surface area contributed by atoms with E-state index in [0.29, 0.717) is 33.0 Å². The van der Waals surface area contributed by atoms with Crippen LogP contribution in [0.3, 0.4) is 0 Å². The molecule has 0 atom stereocenters. The van der Waals surface area contributed by atoms with Crippen LogP contribution in [0.25, 0.3) is 0 Å². The molecule has 3 aromatic rings. The fourth-order valence-corrected chi connectivity index (χ4v) is 5.93. The van der Waals surface area contributed by atoms with E-state index >= 15 is 0 Å². The lowest BCUT2D eigenvalue weighted by Gasteiger charge is -2.43. The van der Waals surface area contributed by atoms with Gasteiger partial charge < -0.3 is 10.2 Å². The first kappa shape index (κ1) is 29.0. The van der Waals surface area contributed by atoms with Gasteiger partial charge in [0, 0.05) is 62.1 Å². The molecule has 3 heterocycles. The number of halogens is 5. The monoisotopic (exact) mass is 607 g/mol. The maximum absolute atomic E-state index is 14.0. The zero-order valence-corrected chi connectivity index (χ0v) is 24.1. The Bertz CT molecular complexity index is 1360. The Hall–Kier alpha value is -2.49. The fraction of sp³-hybridized carbons (Fsp3) is 0.379. The number of amides is 1. The van der Waals surface area contributed by atoms with Crippen molar-refractivity contribution in [1.82, 2.24) is 20.1 Å². The molecule has 2 fully saturated rings. The number of aromatic nitrogens is 1. The quantitative estimate of drug-likeness (QED) is 0.355. The van der Waals surface area contributed by atoms with E-state index in [1.54, 1.807) is 24.3 Å². The van der Waals surface area contributed by atoms with Gasteiger partial charge in [-0.15, -0.1) is 0 Å². The highest BCUT2D eigenvalue weighted by Crippen LogP contribution is 2.27. The van der Waals surface area contributed by atoms with E-state index in [2.05, 4.69) is 25.0 Å². The third kappa shape index (κ3) is 7.04. The van der Waals surface area contributed by atoms with Crippen molar-refractivity contribution in [3.63, 3.8) is 0 Å². The van der Waals surface area contributed by atoms with Crippen molar-refractivity contribution in [2.75, 3.05) is 44.2 Å². The van der Waals surface area contributed by atoms with Crippen LogP contribution in [-0.4, -0.2) is 66.0 Å². The lowest BCUT2D eigenvalue weighted by molar-refractivity contribution is 0.0950. The molecule has 0 unspecified atom stereocenters. The number of hydrogen-bond donors (Lipinski definition) is 1. The highest BCUT2D eigenvalue weighted by atomic mass is 35.5. The molecule has 2 aliphatic rings. The van der Waals surface area contributed by atoms with Crippen LogP contribution < -0.4 is 10.2 Å². The van der Waals surface area contributed by atoms with Gasteiger partial charge in [0.2, 0.25) is 0 Å². The molecular formula is C29H30Cl3F2N5O. The standard InChI is InChI=1S/C29H30Cl3F2N5O/c30-22-3-2-20(26(33)15-22)16-36-29(40)21-14-25(32)28(35-17-21)39-11-9-38(10-12-39)23-5-7-37(8-6-23)18-19-1-4-24(31)27(34)13-19/h1-4,13-15,17,23H,5-12,16,18H2,(H,36,40). The molecule has 1 N–H and O–H groups in total. The third-order valence-electron chi connectivity index (χ3n) is 7.62. The Morgan fingerprint density at radius 2 is 1.65 bits per heavy atom. The third-order valence-corrected chi connectivity index (χ3v) is 8.44. The maximum Gasteiger partial charge on any atom is 0.253 e. The second kappa shape index (κ2) is 13.0. The first-order valence-electron chi connectivity index (χ1n) is 13.3. The van der Waals surface area contributed by atoms with Gasteiger partial charge >= 0.3 is 0 Å². The summed E-state index contributed by atoms with van der Waals surface area (Å²) in [5, 5.41) is 3.56. The number of piperidine rings is 1. The van der Waals surface area contributed by atoms with E-state index in [1.165, 1.54) is 18.3 Å². The summed E-state index contributed by atoms with van der Waals surface area (Å²) in [7, 11) is 0. The molecule has 212 valence electrons. The van der Waals surface area contributed by atoms with Crippen LogP contribution in [0.2, 0.25) is 15.1 Å². The van der Waals surface area contributed by atoms with Gasteiger partial charge in [-0.25, -0.2) is 13.8 Å². The average molecular weight is 609 g/mol. The van der Waals surface area contributed by atoms with Gasteiger partial charge in [0.15, 0.2) is 0 Å². The number of benzene rings is 2. The summed E-state index contributed by atoms with van der Waals surface area (Å²) in [6.45, 7) is 6.08. The largest absolute Gasteiger partial charge is 0.353 e. The number of carbonyl (C=O) groups excluding carboxylic acids is 1. The minimum atomic E-state index is -0.473. The highest BCUT2D eigenvalue weighted by molar-refractivity contribution is 6.33. The zero-order valence-electron chi connectivity index (χ0n) is 21.9. The van der Waals surface area contributed by atoms with E-state index in [0.717, 1.165) is 64.2 Å². The predicted octanol–water partition coefficient (Wildman–Crippen LogP) is 6.04. The van der Waals surface area contributed by atoms with Crippen LogP contribution in [0.1, 0.15) is 34.3 Å². The van der Waals surface area contributed by atoms with E-state index < -0.39 is 5.82 Å². The summed E-state index contributed by atoms with van der Waals surface area (Å²) in [6, 6.07) is 11.5. The molecule has 6 nitrogen and oxygen atoms in total. The second-order valence-electron chi connectivity index (χ2n) is 10.2. The summed E-state index contributed by atoms with van der Waals surface area (Å²) in [4.78, 5) is 24.1. The van der Waals surface area contributed by atoms with Crippen molar-refractivity contribution in [2.24, 2.45) is 0 Å². The summed E-state index contributed by atoms with van der Waals surface area (Å²) in [5.41, 5.74) is 1.60. The van der Waals surface area contributed by atoms with Crippen LogP contribution in [0.4, 0.5) is 14.6 Å². The van der Waals surface area contributed by atoms with Gasteiger partial charge in [0.25, 0.3) is 5.91 Å². The van der Waals surface area contributed by atoms with Gasteiger partial charge in [-0.2, -0.15) is 0 Å². The maximum atomic E-state index is 14.0. The minimum Gasteiger partial charge on any atom is -0.353 e. The number of anilines is 1. The van der Waals surface area contributed by atoms with Gasteiger partial charge in [0.05, 0.1) is 15.6 Å². The summed E-state index contributed by atoms with van der Waals surface area (Å²) in [5.74, 6) is -0.567. The molecule has 11 heteroatoms. The van der Waals surface area contributed by atoms with Crippen LogP contribution in [0.15, 0.2) is 48.7 Å². The molecule has 0 spiro atoms. The molecule has 0 radical (unpaired) electrons. The van der Waals surface area contributed by atoms with Crippen LogP contribution in [-0.2, 0) is 13.1 Å². The normalized spacial score (nSPS) is 17.3. The number of likely N-dealkylation sites (tertiary alicyclic amines) is 1. The van der Waals surface area contributed by atoms with E-state index in [1.807, 2.05) is 6.07 Å². The predicted molar refractivity (Wildman–Crippen MR) is 155 cm³/mol. The summed E-state index contributed by atoms with van der Waals surface area (Å²) >= 11 is 18.1. The van der Waals surface area contributed by atoms with Crippen LogP contribution in [0, 0.1) is 11.6 Å². The Balaban J connectivity index is 1.09. The van der Waals surface area contributed by atoms with Crippen molar-refractivity contribution >= 4 is 46.5 Å². The zero-order chi connectivity index (χ0) is 28.2. The molecule has 40 heavy (non-hydrogen) atoms. The van der Waals surface area contributed by atoms with Gasteiger partial charge in [-0.05, 0) is 61.8 Å². The molecule has 0 saturated carbocycles. The fourth-order valence-electron chi connectivity index (χ4n) is 5.37. The summed E-state index contributed by atoms with van der Waals surface area (Å²) < 4.78 is 27.8. The number of pyridine rings is 1. The molecule has 2 saturated heterocycles. The Morgan fingerprint density at radius 3 is 2.33 bits per heavy atom. The SMILES string of the molecule is O=C(NCc1ccc(Cl)cc1F)c1cnc(N2CCN(C3CCN(Cc4ccc(Cl)c(F)c4)CC3)CC2)c(Cl)c1. The minimum absolute atomic E-state index is 0.0295. The number of carbonyl (C=O) groups is 1. The van der Waals surface area contributed by atoms with E-state index in [9.17, 15) is 13.6 Å². The molecule has 1 amide bonds. The number of nitrogens with zero attached hydrogens (tertiary/aromatic N) is 4. The van der Waals surface area contributed by atoms with Gasteiger partial charge in [-0.3, -0.25) is 14.6 Å². The molecule has 5 rings (SSSR count). The summed E-state index contributed by atoms with van der Waals surface area (Å²) in [6.07, 6.45) is 3.64. The molecule has 0 bridgehead atoms. The number of hydrogen-bond acceptors (Lipinski definition) is 5. The van der Waals surface area contributed by atoms with E-state index in [-0.39, 0.29) is 23.3 Å². The molecule has 1 aromatic heterocycles. The Morgan fingerprint density at radius 1 is 0.900 bits per heavy atom. The lowest BCUT2D eigenvalue weighted by Crippen LogP contribution is -2.53. The smallest absolute Gasteiger partial charge is 0.253 e. The van der Waals surface area contributed by atoms with E-state index in [4.69, 9.17) is 34.8 Å². The van der Waals surface area contributed by atoms with Crippen LogP contribution in [0.5, 0.6) is 0 Å². The molecule has 2 aliphatic heterocycles. The molecule has 2 aromatic carbocycles. The lowest BCUT2D eigenvalue weighted by atomic mass is 10.0. The number of piperazine rings is 1. The number of nitrogens with one attached hydrogen (secondary N) is 1. The van der Waals surface area contributed by atoms with Crippen molar-refractivity contribution in [3.05, 3.63) is 92.1 Å². The second-order valence-corrected chi connectivity index (χ2v) is 11.5. The van der Waals surface area contributed by atoms with Crippen molar-refractivity contribution in [1.29, 1.82) is 0 Å². The van der Waals surface area contributed by atoms with Crippen molar-refractivity contribution in [2.45, 2.75) is 32.0 Å². The van der Waals surface area contributed by atoms with Crippen molar-refractivity contribution in [3.8, 4) is 0 Å². The average Bonchev–Trinajstić information content (AvgIpc) is 2.95. The number of rotatable bonds is 7. The van der Waals surface area contributed by atoms with Crippen molar-refractivity contribution < 1.29 is 13.6 Å².